The van der Waals surface area contributed by atoms with Crippen molar-refractivity contribution in [3.63, 3.8) is 0 Å². The lowest BCUT2D eigenvalue weighted by atomic mass is 9.94. The molecule has 1 atom stereocenters. The van der Waals surface area contributed by atoms with Crippen LogP contribution in [0.1, 0.15) is 32.3 Å². The van der Waals surface area contributed by atoms with Crippen LogP contribution in [0.4, 0.5) is 5.69 Å². The number of anilines is 1. The van der Waals surface area contributed by atoms with E-state index in [0.717, 1.165) is 12.1 Å². The third-order valence-corrected chi connectivity index (χ3v) is 3.22. The number of nitrogens with one attached hydrogen (secondary N) is 1. The van der Waals surface area contributed by atoms with E-state index in [1.165, 1.54) is 0 Å². The molecular formula is C13H17ClN2O. The Hall–Kier alpha value is -1.24. The highest BCUT2D eigenvalue weighted by atomic mass is 35.5. The molecule has 17 heavy (non-hydrogen) atoms. The lowest BCUT2D eigenvalue weighted by Crippen LogP contribution is -2.35. The Kier molecular flexibility index (Phi) is 4.80. The van der Waals surface area contributed by atoms with Crippen LogP contribution in [-0.4, -0.2) is 17.3 Å². The topological polar surface area (TPSA) is 56.0 Å². The average Bonchev–Trinajstić information content (AvgIpc) is 2.32. The van der Waals surface area contributed by atoms with Gasteiger partial charge in [0.1, 0.15) is 6.07 Å². The number of benzene rings is 1. The first-order chi connectivity index (χ1) is 8.04. The smallest absolute Gasteiger partial charge is 0.101 e. The molecular weight excluding hydrogens is 236 g/mol. The van der Waals surface area contributed by atoms with Gasteiger partial charge in [0, 0.05) is 17.2 Å². The molecule has 1 aromatic carbocycles. The summed E-state index contributed by atoms with van der Waals surface area (Å²) < 4.78 is 0. The molecule has 0 aliphatic carbocycles. The molecule has 0 bridgehead atoms. The molecule has 92 valence electrons. The second-order valence-electron chi connectivity index (χ2n) is 4.31. The molecule has 0 heterocycles. The molecule has 0 saturated carbocycles. The lowest BCUT2D eigenvalue weighted by molar-refractivity contribution is 0.252. The van der Waals surface area contributed by atoms with E-state index < -0.39 is 0 Å². The number of halogens is 1. The zero-order valence-electron chi connectivity index (χ0n) is 10.1. The second kappa shape index (κ2) is 5.90. The van der Waals surface area contributed by atoms with Gasteiger partial charge in [-0.1, -0.05) is 18.5 Å². The van der Waals surface area contributed by atoms with E-state index in [-0.39, 0.29) is 12.1 Å². The molecule has 0 fully saturated rings. The van der Waals surface area contributed by atoms with Crippen LogP contribution in [0.2, 0.25) is 5.02 Å². The van der Waals surface area contributed by atoms with Crippen molar-refractivity contribution in [3.8, 4) is 6.07 Å². The molecule has 0 aliphatic rings. The van der Waals surface area contributed by atoms with Crippen LogP contribution in [0.3, 0.4) is 0 Å². The molecule has 0 aromatic heterocycles. The van der Waals surface area contributed by atoms with Crippen LogP contribution in [0, 0.1) is 11.3 Å². The quantitative estimate of drug-likeness (QED) is 0.846. The minimum atomic E-state index is -0.214. The maximum absolute atomic E-state index is 9.06. The Bertz CT molecular complexity index is 428. The van der Waals surface area contributed by atoms with E-state index >= 15 is 0 Å². The van der Waals surface area contributed by atoms with Crippen molar-refractivity contribution in [2.75, 3.05) is 11.9 Å². The fraction of sp³-hybridized carbons (Fsp3) is 0.462. The lowest BCUT2D eigenvalue weighted by Gasteiger charge is -2.30. The molecule has 1 unspecified atom stereocenters. The summed E-state index contributed by atoms with van der Waals surface area (Å²) in [5.74, 6) is 0. The largest absolute Gasteiger partial charge is 0.396 e. The molecule has 0 amide bonds. The van der Waals surface area contributed by atoms with Gasteiger partial charge in [0.2, 0.25) is 0 Å². The number of hydrogen-bond acceptors (Lipinski definition) is 3. The highest BCUT2D eigenvalue weighted by Crippen LogP contribution is 2.26. The van der Waals surface area contributed by atoms with Crippen LogP contribution in [0.25, 0.3) is 0 Å². The van der Waals surface area contributed by atoms with E-state index in [1.807, 2.05) is 13.8 Å². The van der Waals surface area contributed by atoms with Crippen molar-refractivity contribution in [1.29, 1.82) is 5.26 Å². The summed E-state index contributed by atoms with van der Waals surface area (Å²) in [7, 11) is 0. The molecule has 0 aliphatic heterocycles. The Morgan fingerprint density at radius 2 is 2.24 bits per heavy atom. The van der Waals surface area contributed by atoms with Crippen molar-refractivity contribution in [1.82, 2.24) is 0 Å². The molecule has 0 saturated heterocycles. The van der Waals surface area contributed by atoms with E-state index in [2.05, 4.69) is 11.4 Å². The summed E-state index contributed by atoms with van der Waals surface area (Å²) in [6.07, 6.45) is 1.50. The van der Waals surface area contributed by atoms with Gasteiger partial charge in [0.25, 0.3) is 0 Å². The predicted octanol–water partition coefficient (Wildman–Crippen LogP) is 3.17. The van der Waals surface area contributed by atoms with Crippen molar-refractivity contribution in [3.05, 3.63) is 28.8 Å². The number of hydrogen-bond donors (Lipinski definition) is 2. The summed E-state index contributed by atoms with van der Waals surface area (Å²) in [5, 5.41) is 22.0. The number of rotatable bonds is 5. The summed E-state index contributed by atoms with van der Waals surface area (Å²) in [4.78, 5) is 0. The average molecular weight is 253 g/mol. The Balaban J connectivity index is 2.98. The van der Waals surface area contributed by atoms with Crippen molar-refractivity contribution >= 4 is 17.3 Å². The third-order valence-electron chi connectivity index (χ3n) is 2.98. The monoisotopic (exact) mass is 252 g/mol. The normalized spacial score (nSPS) is 13.8. The maximum Gasteiger partial charge on any atom is 0.101 e. The molecule has 2 N–H and O–H groups in total. The zero-order chi connectivity index (χ0) is 12.9. The first-order valence-electron chi connectivity index (χ1n) is 5.63. The zero-order valence-corrected chi connectivity index (χ0v) is 10.9. The van der Waals surface area contributed by atoms with Crippen molar-refractivity contribution in [2.45, 2.75) is 32.2 Å². The fourth-order valence-corrected chi connectivity index (χ4v) is 1.79. The SMILES string of the molecule is CCC(C)(CCO)Nc1ccc(Cl)cc1C#N. The Morgan fingerprint density at radius 1 is 1.53 bits per heavy atom. The summed E-state index contributed by atoms with van der Waals surface area (Å²) in [6.45, 7) is 4.19. The first-order valence-corrected chi connectivity index (χ1v) is 6.01. The predicted molar refractivity (Wildman–Crippen MR) is 70.2 cm³/mol. The van der Waals surface area contributed by atoms with Gasteiger partial charge in [-0.15, -0.1) is 0 Å². The van der Waals surface area contributed by atoms with Gasteiger partial charge in [-0.25, -0.2) is 0 Å². The van der Waals surface area contributed by atoms with Gasteiger partial charge in [-0.2, -0.15) is 5.26 Å². The minimum absolute atomic E-state index is 0.118. The van der Waals surface area contributed by atoms with Crippen molar-refractivity contribution < 1.29 is 5.11 Å². The van der Waals surface area contributed by atoms with E-state index in [4.69, 9.17) is 22.0 Å². The van der Waals surface area contributed by atoms with E-state index in [0.29, 0.717) is 17.0 Å². The Morgan fingerprint density at radius 3 is 2.76 bits per heavy atom. The number of nitriles is 1. The standard InChI is InChI=1S/C13H17ClN2O/c1-3-13(2,6-7-17)16-12-5-4-11(14)8-10(12)9-15/h4-5,8,16-17H,3,6-7H2,1-2H3. The van der Waals surface area contributed by atoms with Crippen molar-refractivity contribution in [2.24, 2.45) is 0 Å². The Labute approximate surface area is 107 Å². The van der Waals surface area contributed by atoms with Gasteiger partial charge in [-0.3, -0.25) is 0 Å². The number of aliphatic hydroxyl groups is 1. The molecule has 1 aromatic rings. The van der Waals surface area contributed by atoms with Crippen LogP contribution in [0.5, 0.6) is 0 Å². The van der Waals surface area contributed by atoms with Gasteiger partial charge >= 0.3 is 0 Å². The molecule has 0 radical (unpaired) electrons. The summed E-state index contributed by atoms with van der Waals surface area (Å²) in [6, 6.07) is 7.30. The summed E-state index contributed by atoms with van der Waals surface area (Å²) in [5.41, 5.74) is 1.07. The maximum atomic E-state index is 9.06. The van der Waals surface area contributed by atoms with E-state index in [9.17, 15) is 0 Å². The van der Waals surface area contributed by atoms with Gasteiger partial charge in [-0.05, 0) is 38.0 Å². The van der Waals surface area contributed by atoms with Gasteiger partial charge in [0.05, 0.1) is 11.3 Å². The molecule has 0 spiro atoms. The minimum Gasteiger partial charge on any atom is -0.396 e. The highest BCUT2D eigenvalue weighted by Gasteiger charge is 2.22. The van der Waals surface area contributed by atoms with Crippen LogP contribution < -0.4 is 5.32 Å². The van der Waals surface area contributed by atoms with Gasteiger partial charge in [0.15, 0.2) is 0 Å². The highest BCUT2D eigenvalue weighted by molar-refractivity contribution is 6.30. The molecule has 1 rings (SSSR count). The van der Waals surface area contributed by atoms with Crippen LogP contribution >= 0.6 is 11.6 Å². The van der Waals surface area contributed by atoms with E-state index in [1.54, 1.807) is 18.2 Å². The second-order valence-corrected chi connectivity index (χ2v) is 4.75. The summed E-state index contributed by atoms with van der Waals surface area (Å²) >= 11 is 5.84. The van der Waals surface area contributed by atoms with Gasteiger partial charge < -0.3 is 10.4 Å². The molecule has 4 heteroatoms. The number of nitrogens with zero attached hydrogens (tertiary/aromatic N) is 1. The number of aliphatic hydroxyl groups excluding tert-OH is 1. The fourth-order valence-electron chi connectivity index (χ4n) is 1.62. The van der Waals surface area contributed by atoms with Crippen LogP contribution in [-0.2, 0) is 0 Å². The van der Waals surface area contributed by atoms with Crippen LogP contribution in [0.15, 0.2) is 18.2 Å². The third kappa shape index (κ3) is 3.62. The molecule has 3 nitrogen and oxygen atoms in total. The first kappa shape index (κ1) is 13.8.